The lowest BCUT2D eigenvalue weighted by Gasteiger charge is -2.32. The van der Waals surface area contributed by atoms with E-state index in [9.17, 15) is 9.59 Å². The number of esters is 1. The molecular weight excluding hydrogens is 168 g/mol. The molecule has 0 aromatic heterocycles. The molecule has 1 aliphatic rings. The molecule has 1 fully saturated rings. The van der Waals surface area contributed by atoms with Gasteiger partial charge in [0.15, 0.2) is 0 Å². The summed E-state index contributed by atoms with van der Waals surface area (Å²) >= 11 is 0. The standard InChI is InChI=1S/C10H16O3/c1-10(2)5-7(9(12)13-3)4-8(11)6-10/h7H,4-6H2,1-3H3. The molecule has 0 bridgehead atoms. The Morgan fingerprint density at radius 3 is 2.62 bits per heavy atom. The van der Waals surface area contributed by atoms with E-state index in [0.29, 0.717) is 12.8 Å². The highest BCUT2D eigenvalue weighted by Gasteiger charge is 2.36. The first kappa shape index (κ1) is 10.2. The van der Waals surface area contributed by atoms with Crippen LogP contribution in [0.5, 0.6) is 0 Å². The quantitative estimate of drug-likeness (QED) is 0.581. The van der Waals surface area contributed by atoms with Crippen molar-refractivity contribution in [2.45, 2.75) is 33.1 Å². The highest BCUT2D eigenvalue weighted by atomic mass is 16.5. The number of hydrogen-bond donors (Lipinski definition) is 0. The summed E-state index contributed by atoms with van der Waals surface area (Å²) in [5.74, 6) is -0.297. The van der Waals surface area contributed by atoms with Crippen LogP contribution in [0.15, 0.2) is 0 Å². The van der Waals surface area contributed by atoms with Gasteiger partial charge in [0.1, 0.15) is 5.78 Å². The highest BCUT2D eigenvalue weighted by Crippen LogP contribution is 2.37. The van der Waals surface area contributed by atoms with Crippen molar-refractivity contribution in [2.75, 3.05) is 7.11 Å². The fraction of sp³-hybridized carbons (Fsp3) is 0.800. The number of methoxy groups -OCH3 is 1. The summed E-state index contributed by atoms with van der Waals surface area (Å²) in [6, 6.07) is 0. The molecule has 0 aromatic carbocycles. The van der Waals surface area contributed by atoms with Gasteiger partial charge >= 0.3 is 5.97 Å². The van der Waals surface area contributed by atoms with Gasteiger partial charge in [0.25, 0.3) is 0 Å². The van der Waals surface area contributed by atoms with Gasteiger partial charge in [-0.1, -0.05) is 13.8 Å². The van der Waals surface area contributed by atoms with Gasteiger partial charge in [-0.15, -0.1) is 0 Å². The van der Waals surface area contributed by atoms with Crippen LogP contribution in [0.3, 0.4) is 0 Å². The van der Waals surface area contributed by atoms with Gasteiger partial charge in [0, 0.05) is 12.8 Å². The van der Waals surface area contributed by atoms with Gasteiger partial charge in [-0.05, 0) is 11.8 Å². The van der Waals surface area contributed by atoms with Crippen LogP contribution in [0.4, 0.5) is 0 Å². The summed E-state index contributed by atoms with van der Waals surface area (Å²) in [4.78, 5) is 22.5. The van der Waals surface area contributed by atoms with E-state index in [0.717, 1.165) is 6.42 Å². The normalized spacial score (nSPS) is 27.0. The molecule has 0 heterocycles. The number of ketones is 1. The van der Waals surface area contributed by atoms with Gasteiger partial charge in [-0.25, -0.2) is 0 Å². The molecule has 1 aliphatic carbocycles. The van der Waals surface area contributed by atoms with Gasteiger partial charge in [0.05, 0.1) is 13.0 Å². The zero-order valence-electron chi connectivity index (χ0n) is 8.42. The zero-order chi connectivity index (χ0) is 10.1. The lowest BCUT2D eigenvalue weighted by atomic mass is 9.72. The second-order valence-electron chi connectivity index (χ2n) is 4.51. The van der Waals surface area contributed by atoms with Crippen molar-refractivity contribution in [3.8, 4) is 0 Å². The van der Waals surface area contributed by atoms with E-state index in [1.807, 2.05) is 13.8 Å². The van der Waals surface area contributed by atoms with E-state index >= 15 is 0 Å². The maximum absolute atomic E-state index is 11.3. The van der Waals surface area contributed by atoms with E-state index in [1.54, 1.807) is 0 Å². The summed E-state index contributed by atoms with van der Waals surface area (Å²) in [6.07, 6.45) is 1.70. The number of rotatable bonds is 1. The van der Waals surface area contributed by atoms with Gasteiger partial charge in [-0.3, -0.25) is 9.59 Å². The molecule has 13 heavy (non-hydrogen) atoms. The topological polar surface area (TPSA) is 43.4 Å². The van der Waals surface area contributed by atoms with Crippen LogP contribution in [0.25, 0.3) is 0 Å². The number of carbonyl (C=O) groups excluding carboxylic acids is 2. The molecule has 1 saturated carbocycles. The molecule has 0 spiro atoms. The number of Topliss-reactive ketones (excluding diaryl/α,β-unsaturated/α-hetero) is 1. The number of carbonyl (C=O) groups is 2. The second-order valence-corrected chi connectivity index (χ2v) is 4.51. The fourth-order valence-corrected chi connectivity index (χ4v) is 2.03. The van der Waals surface area contributed by atoms with E-state index in [4.69, 9.17) is 0 Å². The van der Waals surface area contributed by atoms with Crippen LogP contribution >= 0.6 is 0 Å². The molecular formula is C10H16O3. The summed E-state index contributed by atoms with van der Waals surface area (Å²) in [6.45, 7) is 4.03. The molecule has 0 amide bonds. The predicted molar refractivity (Wildman–Crippen MR) is 48.1 cm³/mol. The maximum atomic E-state index is 11.3. The molecule has 1 rings (SSSR count). The van der Waals surface area contributed by atoms with E-state index in [1.165, 1.54) is 7.11 Å². The zero-order valence-corrected chi connectivity index (χ0v) is 8.42. The van der Waals surface area contributed by atoms with E-state index < -0.39 is 0 Å². The van der Waals surface area contributed by atoms with E-state index in [-0.39, 0.29) is 23.1 Å². The van der Waals surface area contributed by atoms with Crippen LogP contribution in [0.1, 0.15) is 33.1 Å². The first-order valence-electron chi connectivity index (χ1n) is 4.54. The highest BCUT2D eigenvalue weighted by molar-refractivity contribution is 5.86. The molecule has 3 nitrogen and oxygen atoms in total. The molecule has 3 heteroatoms. The minimum absolute atomic E-state index is 0.0474. The van der Waals surface area contributed by atoms with Crippen molar-refractivity contribution in [1.82, 2.24) is 0 Å². The van der Waals surface area contributed by atoms with Gasteiger partial charge < -0.3 is 4.74 Å². The molecule has 0 aromatic rings. The maximum Gasteiger partial charge on any atom is 0.309 e. The van der Waals surface area contributed by atoms with Crippen LogP contribution in [0, 0.1) is 11.3 Å². The smallest absolute Gasteiger partial charge is 0.309 e. The third-order valence-electron chi connectivity index (χ3n) is 2.48. The Morgan fingerprint density at radius 1 is 1.54 bits per heavy atom. The fourth-order valence-electron chi connectivity index (χ4n) is 2.03. The van der Waals surface area contributed by atoms with Crippen molar-refractivity contribution >= 4 is 11.8 Å². The minimum atomic E-state index is -0.249. The average Bonchev–Trinajstić information content (AvgIpc) is 1.99. The summed E-state index contributed by atoms with van der Waals surface area (Å²) in [5, 5.41) is 0. The second kappa shape index (κ2) is 3.48. The summed E-state index contributed by atoms with van der Waals surface area (Å²) < 4.78 is 4.64. The van der Waals surface area contributed by atoms with Crippen molar-refractivity contribution < 1.29 is 14.3 Å². The van der Waals surface area contributed by atoms with Gasteiger partial charge in [-0.2, -0.15) is 0 Å². The lowest BCUT2D eigenvalue weighted by Crippen LogP contribution is -2.33. The van der Waals surface area contributed by atoms with Crippen molar-refractivity contribution in [3.05, 3.63) is 0 Å². The predicted octanol–water partition coefficient (Wildman–Crippen LogP) is 1.55. The first-order chi connectivity index (χ1) is 5.94. The van der Waals surface area contributed by atoms with Crippen LogP contribution in [-0.4, -0.2) is 18.9 Å². The lowest BCUT2D eigenvalue weighted by molar-refractivity contribution is -0.150. The Bertz CT molecular complexity index is 230. The number of ether oxygens (including phenoxy) is 1. The van der Waals surface area contributed by atoms with Crippen LogP contribution in [0.2, 0.25) is 0 Å². The molecule has 0 radical (unpaired) electrons. The molecule has 0 saturated heterocycles. The number of hydrogen-bond acceptors (Lipinski definition) is 3. The monoisotopic (exact) mass is 184 g/mol. The Kier molecular flexibility index (Phi) is 2.74. The first-order valence-corrected chi connectivity index (χ1v) is 4.54. The molecule has 74 valence electrons. The van der Waals surface area contributed by atoms with Crippen molar-refractivity contribution in [3.63, 3.8) is 0 Å². The van der Waals surface area contributed by atoms with E-state index in [2.05, 4.69) is 4.74 Å². The third-order valence-corrected chi connectivity index (χ3v) is 2.48. The Balaban J connectivity index is 2.68. The summed E-state index contributed by atoms with van der Waals surface area (Å²) in [5.41, 5.74) is -0.0474. The molecule has 0 N–H and O–H groups in total. The Labute approximate surface area is 78.5 Å². The molecule has 1 unspecified atom stereocenters. The molecule has 0 aliphatic heterocycles. The van der Waals surface area contributed by atoms with Crippen molar-refractivity contribution in [1.29, 1.82) is 0 Å². The average molecular weight is 184 g/mol. The van der Waals surface area contributed by atoms with Crippen LogP contribution in [-0.2, 0) is 14.3 Å². The SMILES string of the molecule is COC(=O)C1CC(=O)CC(C)(C)C1. The Morgan fingerprint density at radius 2 is 2.15 bits per heavy atom. The van der Waals surface area contributed by atoms with Crippen LogP contribution < -0.4 is 0 Å². The summed E-state index contributed by atoms with van der Waals surface area (Å²) in [7, 11) is 1.37. The molecule has 1 atom stereocenters. The third kappa shape index (κ3) is 2.54. The minimum Gasteiger partial charge on any atom is -0.469 e. The van der Waals surface area contributed by atoms with Gasteiger partial charge in [0.2, 0.25) is 0 Å². The Hall–Kier alpha value is -0.860. The van der Waals surface area contributed by atoms with Crippen molar-refractivity contribution in [2.24, 2.45) is 11.3 Å². The largest absolute Gasteiger partial charge is 0.469 e.